The van der Waals surface area contributed by atoms with Gasteiger partial charge in [0.05, 0.1) is 17.2 Å². The largest absolute Gasteiger partial charge is 0.366 e. The molecule has 0 aliphatic carbocycles. The maximum atomic E-state index is 12.9. The van der Waals surface area contributed by atoms with Crippen LogP contribution in [-0.4, -0.2) is 29.8 Å². The van der Waals surface area contributed by atoms with Crippen molar-refractivity contribution in [2.45, 2.75) is 19.4 Å². The van der Waals surface area contributed by atoms with Gasteiger partial charge in [0.15, 0.2) is 0 Å². The molecule has 0 bridgehead atoms. The standard InChI is InChI=1S/C24H25N3O2/c25-23(28)21-12-3-4-13-22(21)26-24(29)19-10-6-14-27(16-19)15-18-9-5-8-17-7-1-2-11-20(17)18/h1-5,7-9,11-13,19H,6,10,14-16H2,(H2,25,28)(H,26,29). The highest BCUT2D eigenvalue weighted by atomic mass is 16.2. The first kappa shape index (κ1) is 19.2. The number of rotatable bonds is 5. The molecule has 3 aromatic rings. The summed E-state index contributed by atoms with van der Waals surface area (Å²) in [4.78, 5) is 26.8. The van der Waals surface area contributed by atoms with Crippen molar-refractivity contribution in [3.8, 4) is 0 Å². The first-order valence-electron chi connectivity index (χ1n) is 10.0. The Hall–Kier alpha value is -3.18. The van der Waals surface area contributed by atoms with Crippen LogP contribution >= 0.6 is 0 Å². The molecule has 0 radical (unpaired) electrons. The zero-order valence-corrected chi connectivity index (χ0v) is 16.3. The summed E-state index contributed by atoms with van der Waals surface area (Å²) >= 11 is 0. The smallest absolute Gasteiger partial charge is 0.250 e. The van der Waals surface area contributed by atoms with Crippen molar-refractivity contribution >= 4 is 28.3 Å². The van der Waals surface area contributed by atoms with E-state index in [1.807, 2.05) is 0 Å². The Morgan fingerprint density at radius 3 is 2.62 bits per heavy atom. The van der Waals surface area contributed by atoms with Crippen molar-refractivity contribution in [3.63, 3.8) is 0 Å². The highest BCUT2D eigenvalue weighted by Crippen LogP contribution is 2.25. The summed E-state index contributed by atoms with van der Waals surface area (Å²) in [5.74, 6) is -0.705. The van der Waals surface area contributed by atoms with Crippen LogP contribution in [0, 0.1) is 5.92 Å². The van der Waals surface area contributed by atoms with E-state index in [1.165, 1.54) is 16.3 Å². The summed E-state index contributed by atoms with van der Waals surface area (Å²) in [7, 11) is 0. The molecule has 5 nitrogen and oxygen atoms in total. The molecule has 1 unspecified atom stereocenters. The lowest BCUT2D eigenvalue weighted by atomic mass is 9.95. The third kappa shape index (κ3) is 4.30. The van der Waals surface area contributed by atoms with Gasteiger partial charge in [-0.3, -0.25) is 14.5 Å². The summed E-state index contributed by atoms with van der Waals surface area (Å²) in [6.45, 7) is 2.50. The number of hydrogen-bond donors (Lipinski definition) is 2. The van der Waals surface area contributed by atoms with Crippen molar-refractivity contribution < 1.29 is 9.59 Å². The molecule has 3 N–H and O–H groups in total. The van der Waals surface area contributed by atoms with E-state index < -0.39 is 5.91 Å². The zero-order chi connectivity index (χ0) is 20.2. The average molecular weight is 387 g/mol. The van der Waals surface area contributed by atoms with E-state index in [0.717, 1.165) is 25.9 Å². The highest BCUT2D eigenvalue weighted by molar-refractivity contribution is 6.03. The number of piperidine rings is 1. The number of primary amides is 1. The summed E-state index contributed by atoms with van der Waals surface area (Å²) in [6.07, 6.45) is 1.82. The molecule has 2 amide bonds. The predicted octanol–water partition coefficient (Wildman–Crippen LogP) is 3.79. The minimum Gasteiger partial charge on any atom is -0.366 e. The number of anilines is 1. The molecule has 0 saturated carbocycles. The maximum absolute atomic E-state index is 12.9. The fourth-order valence-electron chi connectivity index (χ4n) is 4.13. The number of benzene rings is 3. The second-order valence-corrected chi connectivity index (χ2v) is 7.61. The van der Waals surface area contributed by atoms with Crippen LogP contribution < -0.4 is 11.1 Å². The third-order valence-corrected chi connectivity index (χ3v) is 5.60. The molecule has 1 aliphatic heterocycles. The Kier molecular flexibility index (Phi) is 5.58. The Labute approximate surface area is 170 Å². The normalized spacial score (nSPS) is 17.2. The molecular formula is C24H25N3O2. The van der Waals surface area contributed by atoms with E-state index in [9.17, 15) is 9.59 Å². The van der Waals surface area contributed by atoms with Crippen molar-refractivity contribution in [3.05, 3.63) is 77.9 Å². The van der Waals surface area contributed by atoms with Crippen molar-refractivity contribution in [1.82, 2.24) is 4.90 Å². The van der Waals surface area contributed by atoms with Crippen molar-refractivity contribution in [1.29, 1.82) is 0 Å². The lowest BCUT2D eigenvalue weighted by molar-refractivity contribution is -0.121. The number of para-hydroxylation sites is 1. The molecule has 29 heavy (non-hydrogen) atoms. The van der Waals surface area contributed by atoms with Crippen LogP contribution in [-0.2, 0) is 11.3 Å². The molecule has 1 heterocycles. The van der Waals surface area contributed by atoms with E-state index >= 15 is 0 Å². The number of carbonyl (C=O) groups excluding carboxylic acids is 2. The first-order valence-corrected chi connectivity index (χ1v) is 10.0. The molecule has 4 rings (SSSR count). The van der Waals surface area contributed by atoms with Crippen LogP contribution in [0.1, 0.15) is 28.8 Å². The van der Waals surface area contributed by atoms with Crippen molar-refractivity contribution in [2.75, 3.05) is 18.4 Å². The average Bonchev–Trinajstić information content (AvgIpc) is 2.74. The van der Waals surface area contributed by atoms with Crippen LogP contribution in [0.4, 0.5) is 5.69 Å². The number of nitrogens with zero attached hydrogens (tertiary/aromatic N) is 1. The summed E-state index contributed by atoms with van der Waals surface area (Å²) in [6, 6.07) is 21.6. The van der Waals surface area contributed by atoms with Gasteiger partial charge in [-0.2, -0.15) is 0 Å². The summed E-state index contributed by atoms with van der Waals surface area (Å²) < 4.78 is 0. The van der Waals surface area contributed by atoms with Crippen LogP contribution in [0.3, 0.4) is 0 Å². The summed E-state index contributed by atoms with van der Waals surface area (Å²) in [5, 5.41) is 5.41. The van der Waals surface area contributed by atoms with Crippen molar-refractivity contribution in [2.24, 2.45) is 11.7 Å². The number of hydrogen-bond acceptors (Lipinski definition) is 3. The number of carbonyl (C=O) groups is 2. The van der Waals surface area contributed by atoms with Crippen LogP contribution in [0.2, 0.25) is 0 Å². The molecule has 0 spiro atoms. The second kappa shape index (κ2) is 8.45. The molecule has 5 heteroatoms. The first-order chi connectivity index (χ1) is 14.1. The number of nitrogens with one attached hydrogen (secondary N) is 1. The van der Waals surface area contributed by atoms with Crippen LogP contribution in [0.25, 0.3) is 10.8 Å². The number of amides is 2. The number of fused-ring (bicyclic) bond motifs is 1. The molecule has 3 aromatic carbocycles. The number of likely N-dealkylation sites (tertiary alicyclic amines) is 1. The van der Waals surface area contributed by atoms with Gasteiger partial charge in [-0.25, -0.2) is 0 Å². The van der Waals surface area contributed by atoms with Gasteiger partial charge in [-0.1, -0.05) is 54.6 Å². The monoisotopic (exact) mass is 387 g/mol. The van der Waals surface area contributed by atoms with Gasteiger partial charge in [0.1, 0.15) is 0 Å². The third-order valence-electron chi connectivity index (χ3n) is 5.60. The van der Waals surface area contributed by atoms with Gasteiger partial charge in [-0.05, 0) is 47.9 Å². The Morgan fingerprint density at radius 2 is 1.76 bits per heavy atom. The van der Waals surface area contributed by atoms with Gasteiger partial charge in [0, 0.05) is 13.1 Å². The molecule has 1 fully saturated rings. The maximum Gasteiger partial charge on any atom is 0.250 e. The van der Waals surface area contributed by atoms with Crippen LogP contribution in [0.5, 0.6) is 0 Å². The van der Waals surface area contributed by atoms with Gasteiger partial charge >= 0.3 is 0 Å². The van der Waals surface area contributed by atoms with E-state index in [1.54, 1.807) is 24.3 Å². The van der Waals surface area contributed by atoms with E-state index in [0.29, 0.717) is 17.8 Å². The minimum atomic E-state index is -0.540. The fraction of sp³-hybridized carbons (Fsp3) is 0.250. The quantitative estimate of drug-likeness (QED) is 0.699. The Balaban J connectivity index is 1.46. The van der Waals surface area contributed by atoms with E-state index in [2.05, 4.69) is 52.7 Å². The molecule has 0 aromatic heterocycles. The summed E-state index contributed by atoms with van der Waals surface area (Å²) in [5.41, 5.74) is 7.52. The predicted molar refractivity (Wildman–Crippen MR) is 116 cm³/mol. The van der Waals surface area contributed by atoms with E-state index in [4.69, 9.17) is 5.73 Å². The second-order valence-electron chi connectivity index (χ2n) is 7.61. The zero-order valence-electron chi connectivity index (χ0n) is 16.3. The molecule has 1 saturated heterocycles. The van der Waals surface area contributed by atoms with Gasteiger partial charge < -0.3 is 11.1 Å². The van der Waals surface area contributed by atoms with Gasteiger partial charge in [-0.15, -0.1) is 0 Å². The lowest BCUT2D eigenvalue weighted by Gasteiger charge is -2.32. The van der Waals surface area contributed by atoms with Crippen LogP contribution in [0.15, 0.2) is 66.7 Å². The van der Waals surface area contributed by atoms with E-state index in [-0.39, 0.29) is 11.8 Å². The fourth-order valence-corrected chi connectivity index (χ4v) is 4.13. The molecular weight excluding hydrogens is 362 g/mol. The lowest BCUT2D eigenvalue weighted by Crippen LogP contribution is -2.40. The molecule has 148 valence electrons. The van der Waals surface area contributed by atoms with Gasteiger partial charge in [0.25, 0.3) is 5.91 Å². The van der Waals surface area contributed by atoms with Gasteiger partial charge in [0.2, 0.25) is 5.91 Å². The Bertz CT molecular complexity index is 1040. The molecule has 1 aliphatic rings. The SMILES string of the molecule is NC(=O)c1ccccc1NC(=O)C1CCCN(Cc2cccc3ccccc23)C1. The Morgan fingerprint density at radius 1 is 1.00 bits per heavy atom. The highest BCUT2D eigenvalue weighted by Gasteiger charge is 2.26. The minimum absolute atomic E-state index is 0.0543. The molecule has 1 atom stereocenters. The topological polar surface area (TPSA) is 75.4 Å². The number of nitrogens with two attached hydrogens (primary N) is 1.